The molecule has 4 bridgehead atoms. The van der Waals surface area contributed by atoms with E-state index in [0.29, 0.717) is 38.3 Å². The van der Waals surface area contributed by atoms with Gasteiger partial charge < -0.3 is 28.7 Å². The summed E-state index contributed by atoms with van der Waals surface area (Å²) in [6.07, 6.45) is 3.76. The molecule has 1 aliphatic carbocycles. The lowest BCUT2D eigenvalue weighted by Crippen LogP contribution is -2.67. The fraction of sp³-hybridized carbons (Fsp3) is 0.667. The van der Waals surface area contributed by atoms with Gasteiger partial charge in [0, 0.05) is 49.4 Å². The molecule has 1 N–H and O–H groups in total. The third-order valence-electron chi connectivity index (χ3n) is 8.16. The lowest BCUT2D eigenvalue weighted by Gasteiger charge is -2.58. The monoisotopic (exact) mass is 486 g/mol. The molecule has 35 heavy (non-hydrogen) atoms. The van der Waals surface area contributed by atoms with E-state index >= 15 is 0 Å². The highest BCUT2D eigenvalue weighted by molar-refractivity contribution is 5.92. The van der Waals surface area contributed by atoms with Gasteiger partial charge in [-0.05, 0) is 68.2 Å². The normalized spacial score (nSPS) is 29.1. The number of nitrogens with one attached hydrogen (secondary N) is 1. The van der Waals surface area contributed by atoms with E-state index in [9.17, 15) is 4.79 Å². The summed E-state index contributed by atoms with van der Waals surface area (Å²) in [5.74, 6) is 1.56. The van der Waals surface area contributed by atoms with Crippen molar-refractivity contribution in [3.63, 3.8) is 0 Å². The maximum Gasteiger partial charge on any atom is 0.319 e. The molecule has 8 heteroatoms. The fourth-order valence-electron chi connectivity index (χ4n) is 6.94. The smallest absolute Gasteiger partial charge is 0.319 e. The zero-order valence-electron chi connectivity index (χ0n) is 21.1. The van der Waals surface area contributed by atoms with Crippen LogP contribution in [-0.4, -0.2) is 82.4 Å². The van der Waals surface area contributed by atoms with Gasteiger partial charge in [-0.1, -0.05) is 0 Å². The molecule has 192 valence electrons. The quantitative estimate of drug-likeness (QED) is 0.297. The van der Waals surface area contributed by atoms with Gasteiger partial charge in [-0.25, -0.2) is 0 Å². The number of benzene rings is 1. The van der Waals surface area contributed by atoms with Crippen LogP contribution < -0.4 is 4.74 Å². The number of nitrogens with zero attached hydrogens (tertiary/aromatic N) is 1. The number of ether oxygens (including phenoxy) is 5. The van der Waals surface area contributed by atoms with E-state index < -0.39 is 5.41 Å². The molecule has 0 amide bonds. The average molecular weight is 487 g/mol. The van der Waals surface area contributed by atoms with Crippen LogP contribution in [0.3, 0.4) is 0 Å². The number of hydrogen-bond acceptors (Lipinski definition) is 7. The van der Waals surface area contributed by atoms with Gasteiger partial charge >= 0.3 is 5.97 Å². The SMILES string of the molecule is CCOC(=O)C12C[C@@H]3CC(CCOCOCCOC)C1N(CCc1c2[nH]c2ccc(OC)cc12)C3. The van der Waals surface area contributed by atoms with Crippen molar-refractivity contribution in [2.24, 2.45) is 11.8 Å². The van der Waals surface area contributed by atoms with Gasteiger partial charge in [-0.2, -0.15) is 0 Å². The highest BCUT2D eigenvalue weighted by Gasteiger charge is 2.63. The van der Waals surface area contributed by atoms with E-state index in [0.717, 1.165) is 61.1 Å². The maximum atomic E-state index is 13.9. The third kappa shape index (κ3) is 4.35. The van der Waals surface area contributed by atoms with E-state index in [1.165, 1.54) is 5.56 Å². The zero-order valence-corrected chi connectivity index (χ0v) is 21.1. The van der Waals surface area contributed by atoms with E-state index in [2.05, 4.69) is 22.0 Å². The van der Waals surface area contributed by atoms with Crippen molar-refractivity contribution in [3.05, 3.63) is 29.5 Å². The second-order valence-corrected chi connectivity index (χ2v) is 10.1. The molecule has 0 spiro atoms. The first-order valence-corrected chi connectivity index (χ1v) is 12.9. The van der Waals surface area contributed by atoms with Gasteiger partial charge in [0.2, 0.25) is 0 Å². The van der Waals surface area contributed by atoms with Gasteiger partial charge in [0.1, 0.15) is 18.0 Å². The van der Waals surface area contributed by atoms with Crippen LogP contribution in [0.25, 0.3) is 10.9 Å². The summed E-state index contributed by atoms with van der Waals surface area (Å²) in [7, 11) is 3.35. The number of methoxy groups -OCH3 is 2. The maximum absolute atomic E-state index is 13.9. The first-order valence-electron chi connectivity index (χ1n) is 12.9. The summed E-state index contributed by atoms with van der Waals surface area (Å²) < 4.78 is 27.6. The van der Waals surface area contributed by atoms with Crippen LogP contribution in [0.4, 0.5) is 0 Å². The second kappa shape index (κ2) is 10.5. The summed E-state index contributed by atoms with van der Waals surface area (Å²) in [5, 5.41) is 1.15. The van der Waals surface area contributed by atoms with E-state index in [1.807, 2.05) is 13.0 Å². The van der Waals surface area contributed by atoms with E-state index in [1.54, 1.807) is 14.2 Å². The van der Waals surface area contributed by atoms with Crippen LogP contribution in [0.1, 0.15) is 37.4 Å². The molecule has 4 aliphatic rings. The molecular formula is C27H38N2O6. The van der Waals surface area contributed by atoms with Gasteiger partial charge in [0.15, 0.2) is 0 Å². The lowest BCUT2D eigenvalue weighted by atomic mass is 9.56. The molecule has 1 aromatic heterocycles. The fourth-order valence-corrected chi connectivity index (χ4v) is 6.94. The molecule has 3 fully saturated rings. The topological polar surface area (TPSA) is 82.3 Å². The van der Waals surface area contributed by atoms with Crippen molar-refractivity contribution in [2.45, 2.75) is 44.1 Å². The molecule has 6 rings (SSSR count). The molecular weight excluding hydrogens is 448 g/mol. The third-order valence-corrected chi connectivity index (χ3v) is 8.16. The van der Waals surface area contributed by atoms with Gasteiger partial charge in [0.25, 0.3) is 0 Å². The Morgan fingerprint density at radius 1 is 1.20 bits per heavy atom. The Bertz CT molecular complexity index is 1040. The predicted octanol–water partition coefficient (Wildman–Crippen LogP) is 3.27. The number of hydrogen-bond donors (Lipinski definition) is 1. The molecule has 2 aromatic rings. The second-order valence-electron chi connectivity index (χ2n) is 10.1. The predicted molar refractivity (Wildman–Crippen MR) is 132 cm³/mol. The van der Waals surface area contributed by atoms with Crippen LogP contribution in [-0.2, 0) is 35.6 Å². The largest absolute Gasteiger partial charge is 0.497 e. The first-order chi connectivity index (χ1) is 17.1. The Hall–Kier alpha value is -2.13. The minimum Gasteiger partial charge on any atom is -0.497 e. The minimum absolute atomic E-state index is 0.0881. The summed E-state index contributed by atoms with van der Waals surface area (Å²) in [4.78, 5) is 20.2. The Balaban J connectivity index is 1.47. The highest BCUT2D eigenvalue weighted by Crippen LogP contribution is 2.55. The number of carbonyl (C=O) groups is 1. The highest BCUT2D eigenvalue weighted by atomic mass is 16.7. The van der Waals surface area contributed by atoms with Crippen molar-refractivity contribution in [3.8, 4) is 5.75 Å². The van der Waals surface area contributed by atoms with Gasteiger partial charge in [0.05, 0.1) is 26.9 Å². The van der Waals surface area contributed by atoms with Gasteiger partial charge in [-0.15, -0.1) is 0 Å². The van der Waals surface area contributed by atoms with Crippen molar-refractivity contribution < 1.29 is 28.5 Å². The molecule has 8 nitrogen and oxygen atoms in total. The summed E-state index contributed by atoms with van der Waals surface area (Å²) >= 11 is 0. The number of aromatic nitrogens is 1. The zero-order chi connectivity index (χ0) is 24.4. The Morgan fingerprint density at radius 2 is 2.06 bits per heavy atom. The average Bonchev–Trinajstić information content (AvgIpc) is 3.20. The van der Waals surface area contributed by atoms with Crippen molar-refractivity contribution in [1.29, 1.82) is 0 Å². The lowest BCUT2D eigenvalue weighted by molar-refractivity contribution is -0.166. The van der Waals surface area contributed by atoms with Crippen molar-refractivity contribution in [1.82, 2.24) is 9.88 Å². The Labute approximate surface area is 207 Å². The first kappa shape index (κ1) is 24.6. The standard InChI is InChI=1S/C27H38N2O6/c1-4-35-26(30)27-15-18-13-19(8-10-33-17-34-12-11-31-2)25(27)29(16-18)9-7-21-22-14-20(32-3)5-6-23(22)28-24(21)27/h5-6,14,18-19,25,28H,4,7-13,15-17H2,1-3H3/t18-,19?,25?,27?/m0/s1. The molecule has 5 atom stereocenters. The molecule has 4 heterocycles. The number of H-pyrrole nitrogens is 1. The number of piperidine rings is 2. The molecule has 4 unspecified atom stereocenters. The summed E-state index contributed by atoms with van der Waals surface area (Å²) in [5.41, 5.74) is 2.67. The number of rotatable bonds is 11. The van der Waals surface area contributed by atoms with Crippen molar-refractivity contribution in [2.75, 3.05) is 60.5 Å². The van der Waals surface area contributed by atoms with Crippen molar-refractivity contribution >= 4 is 16.9 Å². The van der Waals surface area contributed by atoms with Crippen LogP contribution >= 0.6 is 0 Å². The van der Waals surface area contributed by atoms with Crippen LogP contribution in [0.15, 0.2) is 18.2 Å². The number of aromatic amines is 1. The minimum atomic E-state index is -0.686. The van der Waals surface area contributed by atoms with Crippen LogP contribution in [0.2, 0.25) is 0 Å². The Kier molecular flexibility index (Phi) is 7.34. The molecule has 1 saturated carbocycles. The van der Waals surface area contributed by atoms with E-state index in [-0.39, 0.29) is 18.8 Å². The van der Waals surface area contributed by atoms with Crippen LogP contribution in [0, 0.1) is 11.8 Å². The molecule has 1 aromatic carbocycles. The molecule has 0 radical (unpaired) electrons. The number of carbonyl (C=O) groups excluding carboxylic acids is 1. The molecule has 3 aliphatic heterocycles. The summed E-state index contributed by atoms with van der Waals surface area (Å²) in [6.45, 7) is 6.24. The number of esters is 1. The number of fused-ring (bicyclic) bond motifs is 4. The Morgan fingerprint density at radius 3 is 2.86 bits per heavy atom. The van der Waals surface area contributed by atoms with E-state index in [4.69, 9.17) is 23.7 Å². The molecule has 2 saturated heterocycles. The van der Waals surface area contributed by atoms with Gasteiger partial charge in [-0.3, -0.25) is 9.69 Å². The summed E-state index contributed by atoms with van der Waals surface area (Å²) in [6, 6.07) is 6.24. The van der Waals surface area contributed by atoms with Crippen LogP contribution in [0.5, 0.6) is 5.75 Å².